The molecule has 2 aliphatic rings. The van der Waals surface area contributed by atoms with Gasteiger partial charge in [0.25, 0.3) is 0 Å². The first kappa shape index (κ1) is 8.77. The standard InChI is InChI=1S/C12H13NO2/c1-15-8-3-5-9-7(6-8)2-4-10-11(9)13-12(10)14/h3,5-6,10-11H,2,4H2,1H3,(H,13,14). The lowest BCUT2D eigenvalue weighted by Gasteiger charge is -2.41. The Morgan fingerprint density at radius 1 is 1.47 bits per heavy atom. The van der Waals surface area contributed by atoms with E-state index in [1.165, 1.54) is 11.1 Å². The molecule has 78 valence electrons. The largest absolute Gasteiger partial charge is 0.497 e. The Kier molecular flexibility index (Phi) is 1.75. The molecular formula is C12H13NO2. The molecule has 0 saturated carbocycles. The number of ether oxygens (including phenoxy) is 1. The summed E-state index contributed by atoms with van der Waals surface area (Å²) >= 11 is 0. The van der Waals surface area contributed by atoms with Crippen LogP contribution in [0.2, 0.25) is 0 Å². The van der Waals surface area contributed by atoms with Gasteiger partial charge in [-0.25, -0.2) is 0 Å². The molecule has 15 heavy (non-hydrogen) atoms. The predicted molar refractivity (Wildman–Crippen MR) is 55.7 cm³/mol. The smallest absolute Gasteiger partial charge is 0.226 e. The summed E-state index contributed by atoms with van der Waals surface area (Å²) in [6.07, 6.45) is 1.96. The van der Waals surface area contributed by atoms with Gasteiger partial charge in [-0.3, -0.25) is 4.79 Å². The highest BCUT2D eigenvalue weighted by Crippen LogP contribution is 2.41. The molecular weight excluding hydrogens is 190 g/mol. The zero-order chi connectivity index (χ0) is 10.4. The minimum absolute atomic E-state index is 0.210. The van der Waals surface area contributed by atoms with Gasteiger partial charge in [0.15, 0.2) is 0 Å². The lowest BCUT2D eigenvalue weighted by molar-refractivity contribution is -0.136. The third-order valence-electron chi connectivity index (χ3n) is 3.45. The minimum Gasteiger partial charge on any atom is -0.497 e. The zero-order valence-electron chi connectivity index (χ0n) is 8.62. The number of carbonyl (C=O) groups is 1. The highest BCUT2D eigenvalue weighted by Gasteiger charge is 2.43. The molecule has 1 aliphatic heterocycles. The summed E-state index contributed by atoms with van der Waals surface area (Å²) < 4.78 is 5.19. The molecule has 1 fully saturated rings. The Morgan fingerprint density at radius 3 is 3.07 bits per heavy atom. The summed E-state index contributed by atoms with van der Waals surface area (Å²) in [5.74, 6) is 1.32. The highest BCUT2D eigenvalue weighted by atomic mass is 16.5. The van der Waals surface area contributed by atoms with Crippen molar-refractivity contribution in [1.82, 2.24) is 5.32 Å². The van der Waals surface area contributed by atoms with E-state index < -0.39 is 0 Å². The van der Waals surface area contributed by atoms with Gasteiger partial charge < -0.3 is 10.1 Å². The molecule has 1 amide bonds. The number of rotatable bonds is 1. The molecule has 1 aliphatic carbocycles. The summed E-state index contributed by atoms with van der Waals surface area (Å²) in [6, 6.07) is 6.37. The first-order valence-corrected chi connectivity index (χ1v) is 5.27. The van der Waals surface area contributed by atoms with Crippen LogP contribution in [-0.4, -0.2) is 13.0 Å². The normalized spacial score (nSPS) is 27.1. The summed E-state index contributed by atoms with van der Waals surface area (Å²) in [6.45, 7) is 0. The van der Waals surface area contributed by atoms with Crippen LogP contribution in [0, 0.1) is 5.92 Å². The van der Waals surface area contributed by atoms with Crippen molar-refractivity contribution < 1.29 is 9.53 Å². The Morgan fingerprint density at radius 2 is 2.33 bits per heavy atom. The molecule has 3 rings (SSSR count). The van der Waals surface area contributed by atoms with Crippen LogP contribution in [0.4, 0.5) is 0 Å². The number of nitrogens with one attached hydrogen (secondary N) is 1. The van der Waals surface area contributed by atoms with Crippen LogP contribution in [0.3, 0.4) is 0 Å². The number of β-lactam (4-membered cyclic amide) rings is 1. The fourth-order valence-electron chi connectivity index (χ4n) is 2.55. The fourth-order valence-corrected chi connectivity index (χ4v) is 2.55. The second kappa shape index (κ2) is 2.99. The number of fused-ring (bicyclic) bond motifs is 3. The third kappa shape index (κ3) is 1.16. The van der Waals surface area contributed by atoms with Gasteiger partial charge in [0.2, 0.25) is 5.91 Å². The van der Waals surface area contributed by atoms with Crippen LogP contribution in [0.25, 0.3) is 0 Å². The molecule has 1 aromatic carbocycles. The average Bonchev–Trinajstić information content (AvgIpc) is 2.26. The topological polar surface area (TPSA) is 38.3 Å². The minimum atomic E-state index is 0.210. The number of hydrogen-bond donors (Lipinski definition) is 1. The molecule has 1 heterocycles. The van der Waals surface area contributed by atoms with Gasteiger partial charge in [0.05, 0.1) is 19.1 Å². The maximum Gasteiger partial charge on any atom is 0.226 e. The number of methoxy groups -OCH3 is 1. The van der Waals surface area contributed by atoms with E-state index >= 15 is 0 Å². The Balaban J connectivity index is 1.99. The predicted octanol–water partition coefficient (Wildman–Crippen LogP) is 1.43. The molecule has 2 unspecified atom stereocenters. The molecule has 0 radical (unpaired) electrons. The van der Waals surface area contributed by atoms with Gasteiger partial charge in [-0.15, -0.1) is 0 Å². The van der Waals surface area contributed by atoms with Gasteiger partial charge in [-0.05, 0) is 36.1 Å². The van der Waals surface area contributed by atoms with E-state index in [4.69, 9.17) is 4.74 Å². The van der Waals surface area contributed by atoms with Crippen molar-refractivity contribution in [1.29, 1.82) is 0 Å². The number of benzene rings is 1. The SMILES string of the molecule is COc1ccc2c(c1)CCC1C(=O)NC21. The highest BCUT2D eigenvalue weighted by molar-refractivity contribution is 5.87. The summed E-state index contributed by atoms with van der Waals surface area (Å²) in [4.78, 5) is 11.3. The maximum atomic E-state index is 11.3. The second-order valence-corrected chi connectivity index (χ2v) is 4.20. The van der Waals surface area contributed by atoms with E-state index in [1.807, 2.05) is 6.07 Å². The molecule has 0 spiro atoms. The number of carbonyl (C=O) groups excluding carboxylic acids is 1. The summed E-state index contributed by atoms with van der Waals surface area (Å²) in [5.41, 5.74) is 2.59. The van der Waals surface area contributed by atoms with Gasteiger partial charge in [0, 0.05) is 0 Å². The van der Waals surface area contributed by atoms with E-state index in [2.05, 4.69) is 17.4 Å². The lowest BCUT2D eigenvalue weighted by atomic mass is 9.74. The molecule has 1 N–H and O–H groups in total. The van der Waals surface area contributed by atoms with Crippen LogP contribution < -0.4 is 10.1 Å². The van der Waals surface area contributed by atoms with E-state index in [1.54, 1.807) is 7.11 Å². The molecule has 1 aromatic rings. The monoisotopic (exact) mass is 203 g/mol. The van der Waals surface area contributed by atoms with Crippen molar-refractivity contribution in [3.8, 4) is 5.75 Å². The van der Waals surface area contributed by atoms with Gasteiger partial charge >= 0.3 is 0 Å². The van der Waals surface area contributed by atoms with E-state index in [0.29, 0.717) is 0 Å². The van der Waals surface area contributed by atoms with Crippen molar-refractivity contribution in [2.24, 2.45) is 5.92 Å². The van der Waals surface area contributed by atoms with E-state index in [0.717, 1.165) is 18.6 Å². The van der Waals surface area contributed by atoms with Crippen molar-refractivity contribution in [2.45, 2.75) is 18.9 Å². The molecule has 1 saturated heterocycles. The maximum absolute atomic E-state index is 11.3. The van der Waals surface area contributed by atoms with Crippen LogP contribution in [0.15, 0.2) is 18.2 Å². The van der Waals surface area contributed by atoms with Gasteiger partial charge in [-0.2, -0.15) is 0 Å². The fraction of sp³-hybridized carbons (Fsp3) is 0.417. The first-order chi connectivity index (χ1) is 7.29. The molecule has 2 atom stereocenters. The van der Waals surface area contributed by atoms with Crippen molar-refractivity contribution >= 4 is 5.91 Å². The molecule has 0 aromatic heterocycles. The quantitative estimate of drug-likeness (QED) is 0.701. The molecule has 3 heteroatoms. The van der Waals surface area contributed by atoms with Crippen molar-refractivity contribution in [3.63, 3.8) is 0 Å². The third-order valence-corrected chi connectivity index (χ3v) is 3.45. The lowest BCUT2D eigenvalue weighted by Crippen LogP contribution is -2.53. The van der Waals surface area contributed by atoms with Crippen LogP contribution in [0.5, 0.6) is 5.75 Å². The Bertz CT molecular complexity index is 428. The Hall–Kier alpha value is -1.51. The molecule has 0 bridgehead atoms. The second-order valence-electron chi connectivity index (χ2n) is 4.20. The number of hydrogen-bond acceptors (Lipinski definition) is 2. The molecule has 3 nitrogen and oxygen atoms in total. The first-order valence-electron chi connectivity index (χ1n) is 5.27. The van der Waals surface area contributed by atoms with Crippen LogP contribution in [0.1, 0.15) is 23.6 Å². The number of amides is 1. The van der Waals surface area contributed by atoms with Crippen molar-refractivity contribution in [2.75, 3.05) is 7.11 Å². The van der Waals surface area contributed by atoms with Crippen LogP contribution in [-0.2, 0) is 11.2 Å². The zero-order valence-corrected chi connectivity index (χ0v) is 8.62. The summed E-state index contributed by atoms with van der Waals surface area (Å²) in [7, 11) is 1.68. The van der Waals surface area contributed by atoms with Gasteiger partial charge in [-0.1, -0.05) is 6.07 Å². The summed E-state index contributed by atoms with van der Waals surface area (Å²) in [5, 5.41) is 2.96. The van der Waals surface area contributed by atoms with Crippen molar-refractivity contribution in [3.05, 3.63) is 29.3 Å². The van der Waals surface area contributed by atoms with E-state index in [-0.39, 0.29) is 17.9 Å². The Labute approximate surface area is 88.4 Å². The van der Waals surface area contributed by atoms with Crippen LogP contribution >= 0.6 is 0 Å². The number of aryl methyl sites for hydroxylation is 1. The van der Waals surface area contributed by atoms with E-state index in [9.17, 15) is 4.79 Å². The van der Waals surface area contributed by atoms with Gasteiger partial charge in [0.1, 0.15) is 5.75 Å². The average molecular weight is 203 g/mol.